The van der Waals surface area contributed by atoms with Crippen molar-refractivity contribution in [3.8, 4) is 0 Å². The molecule has 5 heteroatoms. The number of anilines is 3. The summed E-state index contributed by atoms with van der Waals surface area (Å²) >= 11 is 5.90. The van der Waals surface area contributed by atoms with Crippen molar-refractivity contribution in [2.45, 2.75) is 6.92 Å². The van der Waals surface area contributed by atoms with E-state index in [1.54, 1.807) is 25.1 Å². The minimum absolute atomic E-state index is 0.0875. The maximum atomic E-state index is 11.1. The Labute approximate surface area is 115 Å². The van der Waals surface area contributed by atoms with Gasteiger partial charge in [-0.15, -0.1) is 0 Å². The fourth-order valence-corrected chi connectivity index (χ4v) is 1.97. The van der Waals surface area contributed by atoms with Gasteiger partial charge in [-0.05, 0) is 42.8 Å². The first kappa shape index (κ1) is 13.2. The number of nitrogens with two attached hydrogens (primary N) is 1. The first-order valence-corrected chi connectivity index (χ1v) is 6.01. The Hall–Kier alpha value is -2.20. The third kappa shape index (κ3) is 2.98. The summed E-state index contributed by atoms with van der Waals surface area (Å²) in [5.74, 6) is -1.05. The summed E-state index contributed by atoms with van der Waals surface area (Å²) in [6.45, 7) is 1.77. The predicted octanol–water partition coefficient (Wildman–Crippen LogP) is 3.67. The largest absolute Gasteiger partial charge is 0.478 e. The van der Waals surface area contributed by atoms with Crippen LogP contribution in [0.3, 0.4) is 0 Å². The van der Waals surface area contributed by atoms with E-state index in [-0.39, 0.29) is 11.3 Å². The van der Waals surface area contributed by atoms with Crippen molar-refractivity contribution in [1.29, 1.82) is 0 Å². The lowest BCUT2D eigenvalue weighted by Gasteiger charge is -2.11. The number of hydrogen-bond acceptors (Lipinski definition) is 3. The highest BCUT2D eigenvalue weighted by Gasteiger charge is 2.11. The van der Waals surface area contributed by atoms with E-state index in [1.165, 1.54) is 6.07 Å². The number of carboxylic acid groups (broad SMARTS) is 1. The van der Waals surface area contributed by atoms with E-state index in [4.69, 9.17) is 22.4 Å². The number of rotatable bonds is 3. The smallest absolute Gasteiger partial charge is 0.337 e. The summed E-state index contributed by atoms with van der Waals surface area (Å²) in [4.78, 5) is 11.1. The zero-order valence-electron chi connectivity index (χ0n) is 10.3. The fraction of sp³-hybridized carbons (Fsp3) is 0.0714. The SMILES string of the molecule is Cc1cc(Nc2cccc(Cl)c2)cc(C(=O)O)c1N. The van der Waals surface area contributed by atoms with Crippen LogP contribution in [-0.4, -0.2) is 11.1 Å². The van der Waals surface area contributed by atoms with Crippen molar-refractivity contribution in [1.82, 2.24) is 0 Å². The minimum atomic E-state index is -1.05. The second-order valence-electron chi connectivity index (χ2n) is 4.19. The molecule has 2 rings (SSSR count). The topological polar surface area (TPSA) is 75.3 Å². The molecule has 0 atom stereocenters. The maximum absolute atomic E-state index is 11.1. The Bertz CT molecular complexity index is 641. The molecule has 0 heterocycles. The van der Waals surface area contributed by atoms with Crippen molar-refractivity contribution < 1.29 is 9.90 Å². The van der Waals surface area contributed by atoms with Gasteiger partial charge in [0, 0.05) is 22.1 Å². The molecule has 0 aliphatic heterocycles. The molecule has 0 amide bonds. The summed E-state index contributed by atoms with van der Waals surface area (Å²) in [5.41, 5.74) is 8.27. The van der Waals surface area contributed by atoms with E-state index in [9.17, 15) is 4.79 Å². The van der Waals surface area contributed by atoms with Gasteiger partial charge in [0.1, 0.15) is 0 Å². The van der Waals surface area contributed by atoms with E-state index in [2.05, 4.69) is 5.32 Å². The molecule has 2 aromatic rings. The van der Waals surface area contributed by atoms with Gasteiger partial charge in [0.25, 0.3) is 0 Å². The number of aryl methyl sites for hydroxylation is 1. The van der Waals surface area contributed by atoms with Crippen molar-refractivity contribution in [3.63, 3.8) is 0 Å². The lowest BCUT2D eigenvalue weighted by molar-refractivity contribution is 0.0698. The van der Waals surface area contributed by atoms with Gasteiger partial charge >= 0.3 is 5.97 Å². The van der Waals surface area contributed by atoms with Crippen molar-refractivity contribution in [2.24, 2.45) is 0 Å². The Morgan fingerprint density at radius 1 is 1.26 bits per heavy atom. The first-order valence-electron chi connectivity index (χ1n) is 5.63. The van der Waals surface area contributed by atoms with Crippen LogP contribution >= 0.6 is 11.6 Å². The minimum Gasteiger partial charge on any atom is -0.478 e. The molecule has 19 heavy (non-hydrogen) atoms. The molecule has 0 saturated carbocycles. The molecule has 0 aliphatic rings. The van der Waals surface area contributed by atoms with E-state index in [1.807, 2.05) is 12.1 Å². The summed E-state index contributed by atoms with van der Waals surface area (Å²) in [7, 11) is 0. The number of carboxylic acids is 1. The average Bonchev–Trinajstić information content (AvgIpc) is 2.33. The lowest BCUT2D eigenvalue weighted by atomic mass is 10.1. The third-order valence-electron chi connectivity index (χ3n) is 2.73. The van der Waals surface area contributed by atoms with Crippen molar-refractivity contribution >= 4 is 34.6 Å². The maximum Gasteiger partial charge on any atom is 0.337 e. The molecule has 4 nitrogen and oxygen atoms in total. The molecule has 0 saturated heterocycles. The quantitative estimate of drug-likeness (QED) is 0.748. The van der Waals surface area contributed by atoms with Crippen LogP contribution in [0.1, 0.15) is 15.9 Å². The Balaban J connectivity index is 2.38. The van der Waals surface area contributed by atoms with Gasteiger partial charge in [0.05, 0.1) is 5.56 Å². The van der Waals surface area contributed by atoms with Crippen LogP contribution in [-0.2, 0) is 0 Å². The third-order valence-corrected chi connectivity index (χ3v) is 2.97. The molecule has 0 aliphatic carbocycles. The zero-order chi connectivity index (χ0) is 14.0. The summed E-state index contributed by atoms with van der Waals surface area (Å²) in [5, 5.41) is 12.8. The number of nitrogen functional groups attached to an aromatic ring is 1. The number of carbonyl (C=O) groups is 1. The standard InChI is InChI=1S/C14H13ClN2O2/c1-8-5-11(7-12(13(8)16)14(18)19)17-10-4-2-3-9(15)6-10/h2-7,17H,16H2,1H3,(H,18,19). The van der Waals surface area contributed by atoms with E-state index < -0.39 is 5.97 Å². The molecule has 0 bridgehead atoms. The molecular weight excluding hydrogens is 264 g/mol. The van der Waals surface area contributed by atoms with Crippen LogP contribution in [0.5, 0.6) is 0 Å². The number of halogens is 1. The van der Waals surface area contributed by atoms with E-state index in [0.29, 0.717) is 16.3 Å². The van der Waals surface area contributed by atoms with Crippen LogP contribution in [0, 0.1) is 6.92 Å². The first-order chi connectivity index (χ1) is 8.97. The highest BCUT2D eigenvalue weighted by atomic mass is 35.5. The van der Waals surface area contributed by atoms with Crippen molar-refractivity contribution in [2.75, 3.05) is 11.1 Å². The van der Waals surface area contributed by atoms with Gasteiger partial charge in [-0.3, -0.25) is 0 Å². The monoisotopic (exact) mass is 276 g/mol. The molecule has 98 valence electrons. The molecule has 0 unspecified atom stereocenters. The fourth-order valence-electron chi connectivity index (χ4n) is 1.78. The molecule has 2 aromatic carbocycles. The number of aromatic carboxylic acids is 1. The number of nitrogens with one attached hydrogen (secondary N) is 1. The highest BCUT2D eigenvalue weighted by molar-refractivity contribution is 6.30. The second kappa shape index (κ2) is 5.20. The predicted molar refractivity (Wildman–Crippen MR) is 77.3 cm³/mol. The average molecular weight is 277 g/mol. The van der Waals surface area contributed by atoms with Gasteiger partial charge in [-0.25, -0.2) is 4.79 Å². The van der Waals surface area contributed by atoms with Gasteiger partial charge in [0.2, 0.25) is 0 Å². The molecule has 0 fully saturated rings. The van der Waals surface area contributed by atoms with Gasteiger partial charge in [-0.1, -0.05) is 17.7 Å². The van der Waals surface area contributed by atoms with Crippen LogP contribution in [0.4, 0.5) is 17.1 Å². The Morgan fingerprint density at radius 2 is 2.00 bits per heavy atom. The van der Waals surface area contributed by atoms with Gasteiger partial charge in [0.15, 0.2) is 0 Å². The molecular formula is C14H13ClN2O2. The summed E-state index contributed by atoms with van der Waals surface area (Å²) in [6, 6.07) is 10.5. The van der Waals surface area contributed by atoms with Crippen LogP contribution in [0.25, 0.3) is 0 Å². The van der Waals surface area contributed by atoms with Crippen molar-refractivity contribution in [3.05, 3.63) is 52.5 Å². The Morgan fingerprint density at radius 3 is 2.63 bits per heavy atom. The van der Waals surface area contributed by atoms with Gasteiger partial charge in [-0.2, -0.15) is 0 Å². The molecule has 4 N–H and O–H groups in total. The lowest BCUT2D eigenvalue weighted by Crippen LogP contribution is -2.05. The second-order valence-corrected chi connectivity index (χ2v) is 4.63. The number of benzene rings is 2. The zero-order valence-corrected chi connectivity index (χ0v) is 11.0. The van der Waals surface area contributed by atoms with E-state index in [0.717, 1.165) is 5.69 Å². The number of hydrogen-bond donors (Lipinski definition) is 3. The van der Waals surface area contributed by atoms with Gasteiger partial charge < -0.3 is 16.2 Å². The van der Waals surface area contributed by atoms with E-state index >= 15 is 0 Å². The van der Waals surface area contributed by atoms with Crippen LogP contribution in [0.15, 0.2) is 36.4 Å². The van der Waals surface area contributed by atoms with Crippen LogP contribution in [0.2, 0.25) is 5.02 Å². The van der Waals surface area contributed by atoms with Crippen LogP contribution < -0.4 is 11.1 Å². The molecule has 0 aromatic heterocycles. The summed E-state index contributed by atoms with van der Waals surface area (Å²) in [6.07, 6.45) is 0. The molecule has 0 radical (unpaired) electrons. The summed E-state index contributed by atoms with van der Waals surface area (Å²) < 4.78 is 0. The highest BCUT2D eigenvalue weighted by Crippen LogP contribution is 2.26. The normalized spacial score (nSPS) is 10.2. The Kier molecular flexibility index (Phi) is 3.62. The molecule has 0 spiro atoms.